The Bertz CT molecular complexity index is 624. The summed E-state index contributed by atoms with van der Waals surface area (Å²) in [7, 11) is 0. The molecule has 4 fully saturated rings. The van der Waals surface area contributed by atoms with E-state index >= 15 is 0 Å². The average molecular weight is 305 g/mol. The van der Waals surface area contributed by atoms with Crippen molar-refractivity contribution in [3.8, 4) is 11.3 Å². The fourth-order valence-electron chi connectivity index (χ4n) is 3.88. The van der Waals surface area contributed by atoms with E-state index in [2.05, 4.69) is 16.4 Å². The van der Waals surface area contributed by atoms with Gasteiger partial charge in [0.25, 0.3) is 5.19 Å². The van der Waals surface area contributed by atoms with Crippen LogP contribution in [-0.2, 0) is 5.41 Å². The molecule has 110 valence electrons. The van der Waals surface area contributed by atoms with Gasteiger partial charge in [0.05, 0.1) is 17.7 Å². The maximum atomic E-state index is 10.7. The van der Waals surface area contributed by atoms with Crippen molar-refractivity contribution in [2.75, 3.05) is 0 Å². The predicted molar refractivity (Wildman–Crippen MR) is 74.3 cm³/mol. The molecule has 6 nitrogen and oxygen atoms in total. The van der Waals surface area contributed by atoms with E-state index in [0.717, 1.165) is 37.8 Å². The summed E-state index contributed by atoms with van der Waals surface area (Å²) in [5.41, 5.74) is 0.896. The zero-order valence-electron chi connectivity index (χ0n) is 11.3. The van der Waals surface area contributed by atoms with Crippen LogP contribution in [0.4, 0.5) is 4.79 Å². The topological polar surface area (TPSA) is 95.2 Å². The molecule has 4 aliphatic carbocycles. The van der Waals surface area contributed by atoms with Crippen LogP contribution in [0.15, 0.2) is 5.38 Å². The molecule has 1 aromatic heterocycles. The second-order valence-electron chi connectivity index (χ2n) is 6.56. The molecule has 1 heterocycles. The first-order valence-electron chi connectivity index (χ1n) is 7.06. The number of nitrogens with zero attached hydrogens (tertiary/aromatic N) is 2. The van der Waals surface area contributed by atoms with E-state index in [4.69, 9.17) is 15.1 Å². The van der Waals surface area contributed by atoms with Gasteiger partial charge in [-0.2, -0.15) is 5.26 Å². The zero-order chi connectivity index (χ0) is 14.7. The number of ether oxygens (including phenoxy) is 1. The molecule has 0 saturated heterocycles. The minimum atomic E-state index is -0.942. The fourth-order valence-corrected chi connectivity index (χ4v) is 4.74. The van der Waals surface area contributed by atoms with Crippen molar-refractivity contribution in [1.29, 1.82) is 5.26 Å². The summed E-state index contributed by atoms with van der Waals surface area (Å²) in [6.07, 6.45) is 3.30. The van der Waals surface area contributed by atoms with Crippen molar-refractivity contribution in [2.24, 2.45) is 5.92 Å². The molecule has 5 rings (SSSR count). The van der Waals surface area contributed by atoms with Gasteiger partial charge in [0.2, 0.25) is 0 Å². The van der Waals surface area contributed by atoms with E-state index in [1.54, 1.807) is 0 Å². The average Bonchev–Trinajstić information content (AvgIpc) is 2.74. The summed E-state index contributed by atoms with van der Waals surface area (Å²) < 4.78 is 5.78. The molecule has 2 bridgehead atoms. The highest BCUT2D eigenvalue weighted by atomic mass is 32.1. The molecule has 0 unspecified atom stereocenters. The van der Waals surface area contributed by atoms with Crippen LogP contribution in [0.2, 0.25) is 0 Å². The van der Waals surface area contributed by atoms with Crippen LogP contribution in [-0.4, -0.2) is 27.8 Å². The maximum Gasteiger partial charge on any atom is 0.405 e. The summed E-state index contributed by atoms with van der Waals surface area (Å²) in [6.45, 7) is 0. The normalized spacial score (nSPS) is 39.2. The standard InChI is InChI=1S/C14H15N3O3S/c15-3-8-1-9(2-8)20-12-16-10(4-21-12)13-5-14(6-13,7-13)17-11(18)19/h4,8-9,17H,1-2,5-7H2,(H,18,19)/t8-,9+,13?,14?. The molecular formula is C14H15N3O3S. The monoisotopic (exact) mass is 305 g/mol. The van der Waals surface area contributed by atoms with E-state index in [-0.39, 0.29) is 23.0 Å². The van der Waals surface area contributed by atoms with Crippen molar-refractivity contribution in [3.05, 3.63) is 11.1 Å². The Morgan fingerprint density at radius 2 is 2.24 bits per heavy atom. The van der Waals surface area contributed by atoms with Gasteiger partial charge >= 0.3 is 6.09 Å². The lowest BCUT2D eigenvalue weighted by Crippen LogP contribution is -2.76. The van der Waals surface area contributed by atoms with Gasteiger partial charge in [-0.1, -0.05) is 11.3 Å². The van der Waals surface area contributed by atoms with Crippen molar-refractivity contribution >= 4 is 17.4 Å². The Morgan fingerprint density at radius 3 is 2.86 bits per heavy atom. The number of rotatable bonds is 4. The van der Waals surface area contributed by atoms with Crippen molar-refractivity contribution in [3.63, 3.8) is 0 Å². The molecule has 2 N–H and O–H groups in total. The molecule has 0 radical (unpaired) electrons. The second-order valence-corrected chi connectivity index (χ2v) is 7.38. The zero-order valence-corrected chi connectivity index (χ0v) is 12.2. The quantitative estimate of drug-likeness (QED) is 0.889. The number of hydrogen-bond acceptors (Lipinski definition) is 5. The highest BCUT2D eigenvalue weighted by Gasteiger charge is 2.70. The molecule has 0 spiro atoms. The van der Waals surface area contributed by atoms with Gasteiger partial charge in [-0.05, 0) is 19.3 Å². The van der Waals surface area contributed by atoms with E-state index in [1.807, 2.05) is 5.38 Å². The Balaban J connectivity index is 1.35. The van der Waals surface area contributed by atoms with Crippen molar-refractivity contribution in [2.45, 2.75) is 49.2 Å². The molecule has 4 saturated carbocycles. The SMILES string of the molecule is N#C[C@H]1C[C@@H](Oc2nc(C34CC(NC(=O)O)(C3)C4)cs2)C1. The first kappa shape index (κ1) is 12.9. The number of carboxylic acid groups (broad SMARTS) is 1. The highest BCUT2D eigenvalue weighted by Crippen LogP contribution is 2.67. The molecule has 1 amide bonds. The molecule has 0 aromatic carbocycles. The van der Waals surface area contributed by atoms with E-state index in [0.29, 0.717) is 5.19 Å². The van der Waals surface area contributed by atoms with Crippen molar-refractivity contribution < 1.29 is 14.6 Å². The smallest absolute Gasteiger partial charge is 0.405 e. The van der Waals surface area contributed by atoms with Crippen molar-refractivity contribution in [1.82, 2.24) is 10.3 Å². The van der Waals surface area contributed by atoms with Crippen LogP contribution >= 0.6 is 11.3 Å². The summed E-state index contributed by atoms with van der Waals surface area (Å²) in [5.74, 6) is 0.133. The van der Waals surface area contributed by atoms with E-state index in [9.17, 15) is 4.79 Å². The molecule has 21 heavy (non-hydrogen) atoms. The van der Waals surface area contributed by atoms with E-state index < -0.39 is 6.09 Å². The number of thiazole rings is 1. The summed E-state index contributed by atoms with van der Waals surface area (Å²) in [5, 5.41) is 22.9. The van der Waals surface area contributed by atoms with Gasteiger partial charge in [-0.3, -0.25) is 0 Å². The van der Waals surface area contributed by atoms with E-state index in [1.165, 1.54) is 11.3 Å². The lowest BCUT2D eigenvalue weighted by molar-refractivity contribution is -0.0848. The lowest BCUT2D eigenvalue weighted by Gasteiger charge is -2.69. The summed E-state index contributed by atoms with van der Waals surface area (Å²) >= 11 is 1.50. The minimum absolute atomic E-state index is 0.0648. The molecule has 1 aromatic rings. The summed E-state index contributed by atoms with van der Waals surface area (Å²) in [4.78, 5) is 15.3. The van der Waals surface area contributed by atoms with Crippen LogP contribution in [0, 0.1) is 17.2 Å². The van der Waals surface area contributed by atoms with Gasteiger partial charge in [-0.25, -0.2) is 9.78 Å². The van der Waals surface area contributed by atoms with Gasteiger partial charge in [0, 0.05) is 29.2 Å². The molecule has 4 aliphatic rings. The predicted octanol–water partition coefficient (Wildman–Crippen LogP) is 2.27. The molecule has 0 atom stereocenters. The number of hydrogen-bond donors (Lipinski definition) is 2. The molecule has 7 heteroatoms. The third kappa shape index (κ3) is 1.89. The fraction of sp³-hybridized carbons (Fsp3) is 0.643. The second kappa shape index (κ2) is 4.10. The number of amides is 1. The van der Waals surface area contributed by atoms with Crippen LogP contribution in [0.25, 0.3) is 0 Å². The third-order valence-corrected chi connectivity index (χ3v) is 5.70. The van der Waals surface area contributed by atoms with Gasteiger partial charge in [0.1, 0.15) is 6.10 Å². The van der Waals surface area contributed by atoms with Gasteiger partial charge < -0.3 is 15.2 Å². The summed E-state index contributed by atoms with van der Waals surface area (Å²) in [6, 6.07) is 2.24. The van der Waals surface area contributed by atoms with Crippen LogP contribution in [0.3, 0.4) is 0 Å². The van der Waals surface area contributed by atoms with Crippen LogP contribution < -0.4 is 10.1 Å². The first-order chi connectivity index (χ1) is 10.0. The van der Waals surface area contributed by atoms with Crippen LogP contribution in [0.5, 0.6) is 5.19 Å². The number of aromatic nitrogens is 1. The largest absolute Gasteiger partial charge is 0.467 e. The van der Waals surface area contributed by atoms with Gasteiger partial charge in [0.15, 0.2) is 0 Å². The Hall–Kier alpha value is -1.81. The number of nitriles is 1. The molecular weight excluding hydrogens is 290 g/mol. The third-order valence-electron chi connectivity index (χ3n) is 4.97. The Kier molecular flexibility index (Phi) is 2.52. The Morgan fingerprint density at radius 1 is 1.52 bits per heavy atom. The number of nitrogens with one attached hydrogen (secondary N) is 1. The first-order valence-corrected chi connectivity index (χ1v) is 7.94. The van der Waals surface area contributed by atoms with Crippen LogP contribution in [0.1, 0.15) is 37.8 Å². The molecule has 0 aliphatic heterocycles. The number of carbonyl (C=O) groups is 1. The van der Waals surface area contributed by atoms with Gasteiger partial charge in [-0.15, -0.1) is 0 Å². The minimum Gasteiger partial charge on any atom is -0.467 e. The highest BCUT2D eigenvalue weighted by molar-refractivity contribution is 7.11. The lowest BCUT2D eigenvalue weighted by atomic mass is 9.38. The maximum absolute atomic E-state index is 10.7. The Labute approximate surface area is 125 Å².